The Morgan fingerprint density at radius 1 is 1.28 bits per heavy atom. The molecule has 100 valence electrons. The van der Waals surface area contributed by atoms with Gasteiger partial charge in [0.1, 0.15) is 0 Å². The Bertz CT molecular complexity index is 418. The molecule has 1 aromatic rings. The molecule has 1 aromatic carbocycles. The maximum Gasteiger partial charge on any atom is 0.255 e. The molecule has 4 N–H and O–H groups in total. The molecule has 0 radical (unpaired) electrons. The van der Waals surface area contributed by atoms with E-state index in [1.807, 2.05) is 20.8 Å². The van der Waals surface area contributed by atoms with E-state index in [1.165, 1.54) is 0 Å². The molecule has 0 aliphatic rings. The van der Waals surface area contributed by atoms with Crippen molar-refractivity contribution in [1.82, 2.24) is 5.32 Å². The smallest absolute Gasteiger partial charge is 0.255 e. The molecule has 4 nitrogen and oxygen atoms in total. The number of carbonyl (C=O) groups is 1. The second kappa shape index (κ2) is 5.76. The highest BCUT2D eigenvalue weighted by molar-refractivity contribution is 5.98. The van der Waals surface area contributed by atoms with Crippen molar-refractivity contribution in [1.29, 1.82) is 0 Å². The summed E-state index contributed by atoms with van der Waals surface area (Å²) in [6.45, 7) is 6.14. The largest absolute Gasteiger partial charge is 0.505 e. The molecule has 0 aliphatic carbocycles. The number of phenolic OH excluding ortho intramolecular Hbond substituents is 1. The van der Waals surface area contributed by atoms with E-state index in [9.17, 15) is 9.90 Å². The molecular formula is C14H22N2O2. The van der Waals surface area contributed by atoms with E-state index in [2.05, 4.69) is 5.32 Å². The topological polar surface area (TPSA) is 75.4 Å². The van der Waals surface area contributed by atoms with Gasteiger partial charge in [-0.2, -0.15) is 0 Å². The Balaban J connectivity index is 2.98. The van der Waals surface area contributed by atoms with Crippen LogP contribution in [0.25, 0.3) is 0 Å². The number of nitrogens with two attached hydrogens (primary N) is 1. The molecule has 1 amide bonds. The lowest BCUT2D eigenvalue weighted by atomic mass is 9.89. The molecule has 0 atom stereocenters. The number of carbonyl (C=O) groups excluding carboxylic acids is 1. The maximum absolute atomic E-state index is 12.2. The van der Waals surface area contributed by atoms with E-state index in [4.69, 9.17) is 5.73 Å². The average molecular weight is 250 g/mol. The zero-order valence-electron chi connectivity index (χ0n) is 11.3. The SMILES string of the molecule is CCC(CC)(CC)NC(=O)c1cccc(N)c1O. The van der Waals surface area contributed by atoms with Gasteiger partial charge in [0.25, 0.3) is 5.91 Å². The Morgan fingerprint density at radius 2 is 1.83 bits per heavy atom. The fourth-order valence-electron chi connectivity index (χ4n) is 2.07. The number of nitrogen functional groups attached to an aromatic ring is 1. The second-order valence-electron chi connectivity index (χ2n) is 4.54. The van der Waals surface area contributed by atoms with Crippen LogP contribution in [0.15, 0.2) is 18.2 Å². The molecule has 0 aliphatic heterocycles. The van der Waals surface area contributed by atoms with Crippen molar-refractivity contribution in [2.24, 2.45) is 0 Å². The number of benzene rings is 1. The lowest BCUT2D eigenvalue weighted by Crippen LogP contribution is -2.47. The van der Waals surface area contributed by atoms with Gasteiger partial charge in [-0.3, -0.25) is 4.79 Å². The predicted molar refractivity (Wildman–Crippen MR) is 73.6 cm³/mol. The van der Waals surface area contributed by atoms with Gasteiger partial charge in [-0.15, -0.1) is 0 Å². The minimum atomic E-state index is -0.273. The summed E-state index contributed by atoms with van der Waals surface area (Å²) >= 11 is 0. The number of nitrogens with one attached hydrogen (secondary N) is 1. The number of aromatic hydroxyl groups is 1. The normalized spacial score (nSPS) is 11.3. The van der Waals surface area contributed by atoms with Crippen molar-refractivity contribution in [3.8, 4) is 5.75 Å². The number of amides is 1. The maximum atomic E-state index is 12.2. The highest BCUT2D eigenvalue weighted by atomic mass is 16.3. The summed E-state index contributed by atoms with van der Waals surface area (Å²) in [7, 11) is 0. The first-order chi connectivity index (χ1) is 8.49. The second-order valence-corrected chi connectivity index (χ2v) is 4.54. The molecule has 0 bridgehead atoms. The molecule has 0 unspecified atom stereocenters. The van der Waals surface area contributed by atoms with Crippen LogP contribution in [-0.4, -0.2) is 16.6 Å². The summed E-state index contributed by atoms with van der Waals surface area (Å²) in [6, 6.07) is 4.81. The minimum Gasteiger partial charge on any atom is -0.505 e. The number of rotatable bonds is 5. The van der Waals surface area contributed by atoms with Crippen LogP contribution in [0.2, 0.25) is 0 Å². The monoisotopic (exact) mass is 250 g/mol. The molecular weight excluding hydrogens is 228 g/mol. The van der Waals surface area contributed by atoms with Crippen LogP contribution in [0, 0.1) is 0 Å². The van der Waals surface area contributed by atoms with E-state index < -0.39 is 0 Å². The molecule has 1 rings (SSSR count). The third-order valence-corrected chi connectivity index (χ3v) is 3.72. The third kappa shape index (κ3) is 2.75. The van der Waals surface area contributed by atoms with E-state index in [0.717, 1.165) is 19.3 Å². The van der Waals surface area contributed by atoms with Crippen LogP contribution in [0.4, 0.5) is 5.69 Å². The molecule has 0 aromatic heterocycles. The summed E-state index contributed by atoms with van der Waals surface area (Å²) in [4.78, 5) is 12.2. The Labute approximate surface area is 108 Å². The van der Waals surface area contributed by atoms with Gasteiger partial charge in [-0.25, -0.2) is 0 Å². The quantitative estimate of drug-likeness (QED) is 0.555. The van der Waals surface area contributed by atoms with E-state index in [1.54, 1.807) is 18.2 Å². The first kappa shape index (κ1) is 14.4. The minimum absolute atomic E-state index is 0.146. The summed E-state index contributed by atoms with van der Waals surface area (Å²) in [5.74, 6) is -0.419. The van der Waals surface area contributed by atoms with Crippen LogP contribution >= 0.6 is 0 Å². The number of hydrogen-bond donors (Lipinski definition) is 3. The standard InChI is InChI=1S/C14H22N2O2/c1-4-14(5-2,6-3)16-13(18)10-8-7-9-11(15)12(10)17/h7-9,17H,4-6,15H2,1-3H3,(H,16,18). The number of anilines is 1. The van der Waals surface area contributed by atoms with Crippen molar-refractivity contribution in [2.75, 3.05) is 5.73 Å². The predicted octanol–water partition coefficient (Wildman–Crippen LogP) is 2.67. The van der Waals surface area contributed by atoms with Gasteiger partial charge in [-0.05, 0) is 31.4 Å². The third-order valence-electron chi connectivity index (χ3n) is 3.72. The highest BCUT2D eigenvalue weighted by Gasteiger charge is 2.27. The summed E-state index contributed by atoms with van der Waals surface area (Å²) in [6.07, 6.45) is 2.57. The molecule has 18 heavy (non-hydrogen) atoms. The Hall–Kier alpha value is -1.71. The van der Waals surface area contributed by atoms with Gasteiger partial charge in [0, 0.05) is 5.54 Å². The lowest BCUT2D eigenvalue weighted by molar-refractivity contribution is 0.0885. The number of para-hydroxylation sites is 1. The van der Waals surface area contributed by atoms with Crippen molar-refractivity contribution in [3.63, 3.8) is 0 Å². The Morgan fingerprint density at radius 3 is 2.33 bits per heavy atom. The van der Waals surface area contributed by atoms with Crippen molar-refractivity contribution >= 4 is 11.6 Å². The van der Waals surface area contributed by atoms with Crippen molar-refractivity contribution < 1.29 is 9.90 Å². The molecule has 0 heterocycles. The fourth-order valence-corrected chi connectivity index (χ4v) is 2.07. The van der Waals surface area contributed by atoms with E-state index in [0.29, 0.717) is 0 Å². The van der Waals surface area contributed by atoms with Crippen LogP contribution in [0.5, 0.6) is 5.75 Å². The van der Waals surface area contributed by atoms with Crippen LogP contribution in [0.1, 0.15) is 50.4 Å². The first-order valence-corrected chi connectivity index (χ1v) is 6.39. The molecule has 0 fully saturated rings. The van der Waals surface area contributed by atoms with E-state index >= 15 is 0 Å². The van der Waals surface area contributed by atoms with Crippen LogP contribution < -0.4 is 11.1 Å². The van der Waals surface area contributed by atoms with Gasteiger partial charge in [-0.1, -0.05) is 26.8 Å². The van der Waals surface area contributed by atoms with Gasteiger partial charge in [0.15, 0.2) is 5.75 Å². The molecule has 0 saturated carbocycles. The lowest BCUT2D eigenvalue weighted by Gasteiger charge is -2.32. The van der Waals surface area contributed by atoms with Gasteiger partial charge in [0.05, 0.1) is 11.3 Å². The zero-order chi connectivity index (χ0) is 13.8. The molecule has 0 spiro atoms. The van der Waals surface area contributed by atoms with Crippen molar-refractivity contribution in [3.05, 3.63) is 23.8 Å². The van der Waals surface area contributed by atoms with Crippen LogP contribution in [-0.2, 0) is 0 Å². The summed E-state index contributed by atoms with van der Waals surface area (Å²) < 4.78 is 0. The fraction of sp³-hybridized carbons (Fsp3) is 0.500. The van der Waals surface area contributed by atoms with Crippen LogP contribution in [0.3, 0.4) is 0 Å². The molecule has 4 heteroatoms. The summed E-state index contributed by atoms with van der Waals surface area (Å²) in [5.41, 5.74) is 5.83. The number of phenols is 1. The zero-order valence-corrected chi connectivity index (χ0v) is 11.3. The first-order valence-electron chi connectivity index (χ1n) is 6.39. The summed E-state index contributed by atoms with van der Waals surface area (Å²) in [5, 5.41) is 12.8. The van der Waals surface area contributed by atoms with E-state index in [-0.39, 0.29) is 28.4 Å². The van der Waals surface area contributed by atoms with Crippen molar-refractivity contribution in [2.45, 2.75) is 45.6 Å². The van der Waals surface area contributed by atoms with Gasteiger partial charge in [0.2, 0.25) is 0 Å². The Kier molecular flexibility index (Phi) is 4.59. The number of hydrogen-bond acceptors (Lipinski definition) is 3. The van der Waals surface area contributed by atoms with Gasteiger partial charge >= 0.3 is 0 Å². The highest BCUT2D eigenvalue weighted by Crippen LogP contribution is 2.26. The van der Waals surface area contributed by atoms with Gasteiger partial charge < -0.3 is 16.2 Å². The average Bonchev–Trinajstić information content (AvgIpc) is 2.39. The molecule has 0 saturated heterocycles.